The number of carbonyl (C=O) groups is 2. The Morgan fingerprint density at radius 2 is 0.913 bits per heavy atom. The van der Waals surface area contributed by atoms with Gasteiger partial charge < -0.3 is 24.8 Å². The van der Waals surface area contributed by atoms with Crippen molar-refractivity contribution in [2.75, 3.05) is 32.9 Å². The molecule has 0 bridgehead atoms. The lowest BCUT2D eigenvalue weighted by Gasteiger charge is -2.13. The second kappa shape index (κ2) is 31.1. The van der Waals surface area contributed by atoms with Crippen LogP contribution in [-0.2, 0) is 14.3 Å². The molecule has 0 aliphatic rings. The van der Waals surface area contributed by atoms with Crippen molar-refractivity contribution in [1.29, 1.82) is 5.41 Å². The molecule has 1 rings (SSSR count). The molecule has 2 amide bonds. The van der Waals surface area contributed by atoms with Gasteiger partial charge in [0, 0.05) is 24.7 Å². The van der Waals surface area contributed by atoms with E-state index in [9.17, 15) is 9.59 Å². The molecule has 0 fully saturated rings. The first kappa shape index (κ1) is 43.5. The van der Waals surface area contributed by atoms with Crippen LogP contribution >= 0.6 is 12.4 Å². The average molecular weight is 668 g/mol. The number of ether oxygens (including phenoxy) is 3. The van der Waals surface area contributed by atoms with Gasteiger partial charge in [-0.2, -0.15) is 0 Å². The summed E-state index contributed by atoms with van der Waals surface area (Å²) < 4.78 is 16.8. The summed E-state index contributed by atoms with van der Waals surface area (Å²) in [5, 5.41) is 14.0. The summed E-state index contributed by atoms with van der Waals surface area (Å²) in [4.78, 5) is 24.7. The fourth-order valence-electron chi connectivity index (χ4n) is 5.18. The van der Waals surface area contributed by atoms with Crippen molar-refractivity contribution in [3.05, 3.63) is 23.8 Å². The molecule has 8 nitrogen and oxygen atoms in total. The fourth-order valence-corrected chi connectivity index (χ4v) is 5.18. The lowest BCUT2D eigenvalue weighted by molar-refractivity contribution is -0.123. The second-order valence-electron chi connectivity index (χ2n) is 12.1. The predicted molar refractivity (Wildman–Crippen MR) is 193 cm³/mol. The monoisotopic (exact) mass is 667 g/mol. The van der Waals surface area contributed by atoms with E-state index in [1.165, 1.54) is 103 Å². The number of nitrogens with one attached hydrogen (secondary N) is 3. The minimum absolute atomic E-state index is 0. The third-order valence-corrected chi connectivity index (χ3v) is 7.88. The summed E-state index contributed by atoms with van der Waals surface area (Å²) >= 11 is 0. The number of carbonyl (C=O) groups excluding carboxylic acids is 2. The van der Waals surface area contributed by atoms with E-state index in [2.05, 4.69) is 24.5 Å². The van der Waals surface area contributed by atoms with Crippen molar-refractivity contribution in [2.24, 2.45) is 0 Å². The normalized spacial score (nSPS) is 10.6. The molecule has 0 radical (unpaired) electrons. The first-order valence-corrected chi connectivity index (χ1v) is 18.2. The van der Waals surface area contributed by atoms with Gasteiger partial charge in [-0.3, -0.25) is 15.0 Å². The Morgan fingerprint density at radius 3 is 1.26 bits per heavy atom. The number of hydrogen-bond donors (Lipinski definition) is 3. The molecule has 0 heterocycles. The Hall–Kier alpha value is -2.48. The van der Waals surface area contributed by atoms with Crippen LogP contribution in [0.3, 0.4) is 0 Å². The standard InChI is InChI=1S/C37H65N3O5.ClH/c1-4-7-9-11-13-15-17-19-21-23-25-39-35(41)30-44-33-27-32(37(38)43-6-3)28-34(29-33)45-31-36(42)40-26-24-22-20-18-16-14-12-10-8-5-2;/h27-29,38H,4-26,30-31H2,1-3H3,(H,39,41)(H,40,42);1H. The maximum Gasteiger partial charge on any atom is 0.257 e. The van der Waals surface area contributed by atoms with E-state index in [1.54, 1.807) is 18.2 Å². The Balaban J connectivity index is 0.0000202. The molecule has 9 heteroatoms. The van der Waals surface area contributed by atoms with Gasteiger partial charge in [-0.25, -0.2) is 0 Å². The van der Waals surface area contributed by atoms with Crippen LogP contribution in [0.5, 0.6) is 11.5 Å². The summed E-state index contributed by atoms with van der Waals surface area (Å²) in [6.45, 7) is 7.65. The summed E-state index contributed by atoms with van der Waals surface area (Å²) in [7, 11) is 0. The van der Waals surface area contributed by atoms with E-state index in [4.69, 9.17) is 19.6 Å². The van der Waals surface area contributed by atoms with Gasteiger partial charge in [-0.15, -0.1) is 12.4 Å². The second-order valence-corrected chi connectivity index (χ2v) is 12.1. The molecule has 0 unspecified atom stereocenters. The van der Waals surface area contributed by atoms with E-state index >= 15 is 0 Å². The van der Waals surface area contributed by atoms with Gasteiger partial charge in [0.2, 0.25) is 5.90 Å². The molecular formula is C37H66ClN3O5. The lowest BCUT2D eigenvalue weighted by Crippen LogP contribution is -2.30. The van der Waals surface area contributed by atoms with Gasteiger partial charge in [-0.05, 0) is 31.9 Å². The summed E-state index contributed by atoms with van der Waals surface area (Å²) in [5.41, 5.74) is 0.459. The summed E-state index contributed by atoms with van der Waals surface area (Å²) in [6.07, 6.45) is 25.1. The van der Waals surface area contributed by atoms with Gasteiger partial charge >= 0.3 is 0 Å². The topological polar surface area (TPSA) is 110 Å². The zero-order valence-corrected chi connectivity index (χ0v) is 30.2. The zero-order valence-electron chi connectivity index (χ0n) is 29.4. The molecule has 0 aliphatic carbocycles. The zero-order chi connectivity index (χ0) is 32.8. The van der Waals surface area contributed by atoms with E-state index in [-0.39, 0.29) is 43.3 Å². The van der Waals surface area contributed by atoms with E-state index < -0.39 is 0 Å². The summed E-state index contributed by atoms with van der Waals surface area (Å²) in [5.74, 6) is 0.359. The largest absolute Gasteiger partial charge is 0.484 e. The highest BCUT2D eigenvalue weighted by Crippen LogP contribution is 2.24. The Morgan fingerprint density at radius 1 is 0.565 bits per heavy atom. The van der Waals surface area contributed by atoms with Crippen LogP contribution in [-0.4, -0.2) is 50.6 Å². The molecule has 0 atom stereocenters. The van der Waals surface area contributed by atoms with Crippen LogP contribution < -0.4 is 20.1 Å². The van der Waals surface area contributed by atoms with E-state index in [0.717, 1.165) is 25.7 Å². The molecule has 266 valence electrons. The summed E-state index contributed by atoms with van der Waals surface area (Å²) in [6, 6.07) is 4.92. The van der Waals surface area contributed by atoms with E-state index in [0.29, 0.717) is 36.8 Å². The first-order valence-electron chi connectivity index (χ1n) is 18.2. The van der Waals surface area contributed by atoms with Crippen molar-refractivity contribution in [1.82, 2.24) is 10.6 Å². The Labute approximate surface area is 286 Å². The number of amides is 2. The van der Waals surface area contributed by atoms with Crippen molar-refractivity contribution >= 4 is 30.1 Å². The quantitative estimate of drug-likeness (QED) is 0.0430. The number of benzene rings is 1. The van der Waals surface area contributed by atoms with Gasteiger partial charge in [0.1, 0.15) is 11.5 Å². The van der Waals surface area contributed by atoms with Crippen LogP contribution in [0.1, 0.15) is 155 Å². The molecule has 0 spiro atoms. The smallest absolute Gasteiger partial charge is 0.257 e. The third-order valence-electron chi connectivity index (χ3n) is 7.88. The minimum Gasteiger partial charge on any atom is -0.484 e. The number of unbranched alkanes of at least 4 members (excludes halogenated alkanes) is 18. The highest BCUT2D eigenvalue weighted by molar-refractivity contribution is 5.92. The van der Waals surface area contributed by atoms with Gasteiger partial charge in [0.15, 0.2) is 13.2 Å². The highest BCUT2D eigenvalue weighted by atomic mass is 35.5. The molecule has 0 aromatic heterocycles. The Bertz CT molecular complexity index is 855. The number of halogens is 1. The van der Waals surface area contributed by atoms with Crippen LogP contribution in [0.25, 0.3) is 0 Å². The first-order chi connectivity index (χ1) is 22.0. The average Bonchev–Trinajstić information content (AvgIpc) is 3.04. The van der Waals surface area contributed by atoms with Crippen molar-refractivity contribution < 1.29 is 23.8 Å². The lowest BCUT2D eigenvalue weighted by atomic mass is 10.1. The van der Waals surface area contributed by atoms with Gasteiger partial charge in [0.05, 0.1) is 6.61 Å². The fraction of sp³-hybridized carbons (Fsp3) is 0.757. The predicted octanol–water partition coefficient (Wildman–Crippen LogP) is 9.30. The maximum absolute atomic E-state index is 12.4. The van der Waals surface area contributed by atoms with Crippen molar-refractivity contribution in [3.8, 4) is 11.5 Å². The van der Waals surface area contributed by atoms with Gasteiger partial charge in [-0.1, -0.05) is 129 Å². The molecule has 1 aromatic carbocycles. The molecule has 1 aromatic rings. The Kier molecular flexibility index (Phi) is 29.5. The molecule has 0 saturated carbocycles. The van der Waals surface area contributed by atoms with Crippen LogP contribution in [0.2, 0.25) is 0 Å². The van der Waals surface area contributed by atoms with Crippen LogP contribution in [0, 0.1) is 5.41 Å². The van der Waals surface area contributed by atoms with Crippen LogP contribution in [0.15, 0.2) is 18.2 Å². The van der Waals surface area contributed by atoms with Gasteiger partial charge in [0.25, 0.3) is 11.8 Å². The minimum atomic E-state index is -0.190. The molecule has 0 aliphatic heterocycles. The third kappa shape index (κ3) is 24.7. The van der Waals surface area contributed by atoms with Crippen molar-refractivity contribution in [3.63, 3.8) is 0 Å². The molecule has 3 N–H and O–H groups in total. The molecule has 0 saturated heterocycles. The molecular weight excluding hydrogens is 602 g/mol. The SMILES string of the molecule is CCCCCCCCCCCCNC(=O)COc1cc(OCC(=O)NCCCCCCCCCCCC)cc(C(=N)OCC)c1.Cl. The number of hydrogen-bond acceptors (Lipinski definition) is 6. The van der Waals surface area contributed by atoms with E-state index in [1.807, 2.05) is 6.92 Å². The maximum atomic E-state index is 12.4. The van der Waals surface area contributed by atoms with Crippen molar-refractivity contribution in [2.45, 2.75) is 149 Å². The van der Waals surface area contributed by atoms with Crippen LogP contribution in [0.4, 0.5) is 0 Å². The molecule has 46 heavy (non-hydrogen) atoms. The number of rotatable bonds is 30. The highest BCUT2D eigenvalue weighted by Gasteiger charge is 2.12.